The highest BCUT2D eigenvalue weighted by Crippen LogP contribution is 2.32. The van der Waals surface area contributed by atoms with E-state index < -0.39 is 8.07 Å². The Morgan fingerprint density at radius 2 is 1.59 bits per heavy atom. The lowest BCUT2D eigenvalue weighted by atomic mass is 10.1. The van der Waals surface area contributed by atoms with E-state index in [1.807, 2.05) is 30.0 Å². The van der Waals surface area contributed by atoms with Crippen LogP contribution in [0.15, 0.2) is 65.6 Å². The van der Waals surface area contributed by atoms with Gasteiger partial charge in [-0.2, -0.15) is 0 Å². The zero-order chi connectivity index (χ0) is 19.7. The van der Waals surface area contributed by atoms with Gasteiger partial charge in [0.15, 0.2) is 0 Å². The fourth-order valence-electron chi connectivity index (χ4n) is 3.23. The van der Waals surface area contributed by atoms with Crippen LogP contribution in [0.2, 0.25) is 25.2 Å². The minimum absolute atomic E-state index is 0.0645. The van der Waals surface area contributed by atoms with E-state index in [0.29, 0.717) is 12.0 Å². The molecule has 2 aromatic rings. The van der Waals surface area contributed by atoms with Crippen LogP contribution in [0.1, 0.15) is 37.8 Å². The highest BCUT2D eigenvalue weighted by atomic mass is 32.2. The van der Waals surface area contributed by atoms with Gasteiger partial charge in [-0.05, 0) is 42.3 Å². The van der Waals surface area contributed by atoms with Crippen LogP contribution in [-0.4, -0.2) is 19.7 Å². The van der Waals surface area contributed by atoms with Gasteiger partial charge in [-0.25, -0.2) is 0 Å². The Morgan fingerprint density at radius 3 is 2.19 bits per heavy atom. The van der Waals surface area contributed by atoms with Gasteiger partial charge in [-0.15, -0.1) is 11.8 Å². The molecule has 27 heavy (non-hydrogen) atoms. The van der Waals surface area contributed by atoms with Gasteiger partial charge in [0.2, 0.25) is 5.91 Å². The molecule has 0 fully saturated rings. The summed E-state index contributed by atoms with van der Waals surface area (Å²) in [5.74, 6) is 1.31. The van der Waals surface area contributed by atoms with Crippen molar-refractivity contribution in [2.24, 2.45) is 0 Å². The molecule has 2 aromatic carbocycles. The predicted molar refractivity (Wildman–Crippen MR) is 121 cm³/mol. The summed E-state index contributed by atoms with van der Waals surface area (Å²) in [5, 5.41) is 3.19. The lowest BCUT2D eigenvalue weighted by Crippen LogP contribution is -2.34. The average molecular weight is 400 g/mol. The Bertz CT molecular complexity index is 685. The highest BCUT2D eigenvalue weighted by Gasteiger charge is 2.28. The molecule has 1 amide bonds. The largest absolute Gasteiger partial charge is 0.350 e. The molecule has 0 saturated carbocycles. The van der Waals surface area contributed by atoms with Crippen molar-refractivity contribution < 1.29 is 4.79 Å². The van der Waals surface area contributed by atoms with Gasteiger partial charge in [0.1, 0.15) is 0 Å². The van der Waals surface area contributed by atoms with Crippen molar-refractivity contribution in [1.82, 2.24) is 5.32 Å². The first-order valence-corrected chi connectivity index (χ1v) is 14.4. The summed E-state index contributed by atoms with van der Waals surface area (Å²) in [6, 6.07) is 20.8. The topological polar surface area (TPSA) is 29.1 Å². The van der Waals surface area contributed by atoms with Crippen LogP contribution in [-0.2, 0) is 4.79 Å². The molecular formula is C23H33NOSSi. The molecule has 0 aliphatic carbocycles. The zero-order valence-electron chi connectivity index (χ0n) is 17.1. The molecule has 0 aromatic heterocycles. The second kappa shape index (κ2) is 10.7. The molecule has 1 N–H and O–H groups in total. The third-order valence-electron chi connectivity index (χ3n) is 5.04. The van der Waals surface area contributed by atoms with Crippen molar-refractivity contribution in [3.63, 3.8) is 0 Å². The first-order valence-electron chi connectivity index (χ1n) is 9.88. The lowest BCUT2D eigenvalue weighted by Gasteiger charge is -2.29. The van der Waals surface area contributed by atoms with E-state index in [1.165, 1.54) is 4.90 Å². The number of amides is 1. The van der Waals surface area contributed by atoms with Gasteiger partial charge in [0.25, 0.3) is 0 Å². The van der Waals surface area contributed by atoms with Crippen LogP contribution < -0.4 is 5.32 Å². The number of carbonyl (C=O) groups excluding carboxylic acids is 1. The van der Waals surface area contributed by atoms with Gasteiger partial charge >= 0.3 is 0 Å². The predicted octanol–water partition coefficient (Wildman–Crippen LogP) is 6.53. The third kappa shape index (κ3) is 7.93. The number of rotatable bonds is 10. The molecule has 4 heteroatoms. The maximum absolute atomic E-state index is 12.6. The minimum Gasteiger partial charge on any atom is -0.350 e. The SMILES string of the molecule is C[C@H](NC(=O)C[C@@H](CCCSc1ccccc1)[Si](C)(C)C)c1ccccc1. The van der Waals surface area contributed by atoms with E-state index >= 15 is 0 Å². The van der Waals surface area contributed by atoms with Crippen LogP contribution in [0.3, 0.4) is 0 Å². The number of benzene rings is 2. The van der Waals surface area contributed by atoms with Crippen LogP contribution >= 0.6 is 11.8 Å². The Labute approximate surface area is 170 Å². The maximum atomic E-state index is 12.6. The third-order valence-corrected chi connectivity index (χ3v) is 9.08. The number of hydrogen-bond donors (Lipinski definition) is 1. The molecule has 2 atom stereocenters. The second-order valence-corrected chi connectivity index (χ2v) is 15.0. The summed E-state index contributed by atoms with van der Waals surface area (Å²) in [4.78, 5) is 14.0. The first-order chi connectivity index (χ1) is 12.9. The smallest absolute Gasteiger partial charge is 0.220 e. The zero-order valence-corrected chi connectivity index (χ0v) is 18.9. The number of thioether (sulfide) groups is 1. The first kappa shape index (κ1) is 21.8. The van der Waals surface area contributed by atoms with Crippen LogP contribution in [0.4, 0.5) is 0 Å². The molecule has 0 aliphatic rings. The quantitative estimate of drug-likeness (QED) is 0.279. The molecule has 0 saturated heterocycles. The fourth-order valence-corrected chi connectivity index (χ4v) is 5.99. The summed E-state index contributed by atoms with van der Waals surface area (Å²) in [7, 11) is -1.38. The van der Waals surface area contributed by atoms with E-state index in [9.17, 15) is 4.79 Å². The van der Waals surface area contributed by atoms with E-state index in [4.69, 9.17) is 0 Å². The van der Waals surface area contributed by atoms with Gasteiger partial charge < -0.3 is 5.32 Å². The van der Waals surface area contributed by atoms with Gasteiger partial charge in [-0.1, -0.05) is 74.6 Å². The lowest BCUT2D eigenvalue weighted by molar-refractivity contribution is -0.121. The van der Waals surface area contributed by atoms with Gasteiger partial charge in [0, 0.05) is 19.4 Å². The summed E-state index contributed by atoms with van der Waals surface area (Å²) >= 11 is 1.91. The molecule has 0 aliphatic heterocycles. The molecule has 0 radical (unpaired) electrons. The molecule has 2 rings (SSSR count). The molecule has 146 valence electrons. The molecule has 2 nitrogen and oxygen atoms in total. The number of nitrogens with one attached hydrogen (secondary N) is 1. The highest BCUT2D eigenvalue weighted by molar-refractivity contribution is 7.99. The average Bonchev–Trinajstić information content (AvgIpc) is 2.65. The van der Waals surface area contributed by atoms with Crippen molar-refractivity contribution in [2.75, 3.05) is 5.75 Å². The fraction of sp³-hybridized carbons (Fsp3) is 0.435. The van der Waals surface area contributed by atoms with Crippen molar-refractivity contribution in [2.45, 2.75) is 62.3 Å². The van der Waals surface area contributed by atoms with Gasteiger partial charge in [-0.3, -0.25) is 4.79 Å². The van der Waals surface area contributed by atoms with E-state index in [-0.39, 0.29) is 11.9 Å². The monoisotopic (exact) mass is 399 g/mol. The Kier molecular flexibility index (Phi) is 8.64. The van der Waals surface area contributed by atoms with Gasteiger partial charge in [0.05, 0.1) is 6.04 Å². The van der Waals surface area contributed by atoms with Crippen molar-refractivity contribution >= 4 is 25.7 Å². The molecule has 0 bridgehead atoms. The number of carbonyl (C=O) groups is 1. The minimum atomic E-state index is -1.38. The standard InChI is InChI=1S/C23H33NOSSi/c1-19(20-12-7-5-8-13-20)24-23(25)18-22(27(2,3)4)16-11-17-26-21-14-9-6-10-15-21/h5-10,12-15,19,22H,11,16-18H2,1-4H3,(H,24,25)/t19-,22+/m0/s1. The summed E-state index contributed by atoms with van der Waals surface area (Å²) in [5.41, 5.74) is 1.69. The maximum Gasteiger partial charge on any atom is 0.220 e. The van der Waals surface area contributed by atoms with E-state index in [1.54, 1.807) is 0 Å². The molecule has 0 heterocycles. The van der Waals surface area contributed by atoms with Crippen molar-refractivity contribution in [3.8, 4) is 0 Å². The normalized spacial score (nSPS) is 13.8. The molecule has 0 unspecified atom stereocenters. The second-order valence-electron chi connectivity index (χ2n) is 8.27. The van der Waals surface area contributed by atoms with E-state index in [0.717, 1.165) is 24.2 Å². The van der Waals surface area contributed by atoms with Crippen LogP contribution in [0.25, 0.3) is 0 Å². The van der Waals surface area contributed by atoms with Crippen LogP contribution in [0, 0.1) is 0 Å². The number of hydrogen-bond acceptors (Lipinski definition) is 2. The van der Waals surface area contributed by atoms with Crippen molar-refractivity contribution in [1.29, 1.82) is 0 Å². The molecular weight excluding hydrogens is 366 g/mol. The Morgan fingerprint density at radius 1 is 1.00 bits per heavy atom. The summed E-state index contributed by atoms with van der Waals surface area (Å²) in [6.07, 6.45) is 2.96. The summed E-state index contributed by atoms with van der Waals surface area (Å²) in [6.45, 7) is 9.22. The molecule has 0 spiro atoms. The Hall–Kier alpha value is -1.52. The van der Waals surface area contributed by atoms with E-state index in [2.05, 4.69) is 74.3 Å². The van der Waals surface area contributed by atoms with Crippen molar-refractivity contribution in [3.05, 3.63) is 66.2 Å². The van der Waals surface area contributed by atoms with Crippen LogP contribution in [0.5, 0.6) is 0 Å². The summed E-state index contributed by atoms with van der Waals surface area (Å²) < 4.78 is 0. The Balaban J connectivity index is 1.82.